The van der Waals surface area contributed by atoms with E-state index in [2.05, 4.69) is 15.9 Å². The monoisotopic (exact) mass is 244 g/mol. The van der Waals surface area contributed by atoms with E-state index in [0.717, 1.165) is 18.4 Å². The Hall–Kier alpha value is -0.150. The first-order valence-corrected chi connectivity index (χ1v) is 5.58. The summed E-state index contributed by atoms with van der Waals surface area (Å²) in [4.78, 5) is 13.0. The van der Waals surface area contributed by atoms with Crippen molar-refractivity contribution >= 4 is 33.0 Å². The molecule has 1 unspecified atom stereocenters. The summed E-state index contributed by atoms with van der Waals surface area (Å²) >= 11 is 5.16. The van der Waals surface area contributed by atoms with E-state index >= 15 is 0 Å². The SMILES string of the molecule is CC1(Br)CCc2sccc2C1=O. The number of carbonyl (C=O) groups is 1. The number of ketones is 1. The molecule has 1 aromatic heterocycles. The van der Waals surface area contributed by atoms with Crippen LogP contribution < -0.4 is 0 Å². The maximum Gasteiger partial charge on any atom is 0.180 e. The highest BCUT2D eigenvalue weighted by Crippen LogP contribution is 2.36. The van der Waals surface area contributed by atoms with Crippen molar-refractivity contribution in [3.05, 3.63) is 21.9 Å². The molecular formula is C9H9BrOS. The molecule has 1 aromatic rings. The molecule has 1 aliphatic carbocycles. The molecule has 0 aromatic carbocycles. The minimum absolute atomic E-state index is 0.241. The molecule has 0 N–H and O–H groups in total. The fraction of sp³-hybridized carbons (Fsp3) is 0.444. The predicted octanol–water partition coefficient (Wildman–Crippen LogP) is 3.03. The zero-order valence-electron chi connectivity index (χ0n) is 6.76. The van der Waals surface area contributed by atoms with Crippen LogP contribution in [0, 0.1) is 0 Å². The van der Waals surface area contributed by atoms with Gasteiger partial charge in [-0.1, -0.05) is 15.9 Å². The molecule has 1 nitrogen and oxygen atoms in total. The lowest BCUT2D eigenvalue weighted by Gasteiger charge is -2.25. The molecule has 0 bridgehead atoms. The molecule has 0 aliphatic heterocycles. The Morgan fingerprint density at radius 1 is 1.67 bits per heavy atom. The average Bonchev–Trinajstić information content (AvgIpc) is 2.45. The first kappa shape index (κ1) is 8.45. The summed E-state index contributed by atoms with van der Waals surface area (Å²) in [7, 11) is 0. The van der Waals surface area contributed by atoms with Gasteiger partial charge >= 0.3 is 0 Å². The summed E-state index contributed by atoms with van der Waals surface area (Å²) in [6.07, 6.45) is 1.94. The molecule has 1 atom stereocenters. The van der Waals surface area contributed by atoms with Gasteiger partial charge in [-0.25, -0.2) is 0 Å². The van der Waals surface area contributed by atoms with Crippen molar-refractivity contribution in [1.29, 1.82) is 0 Å². The second-order valence-electron chi connectivity index (χ2n) is 3.28. The van der Waals surface area contributed by atoms with E-state index in [4.69, 9.17) is 0 Å². The molecule has 1 heterocycles. The Labute approximate surface area is 83.9 Å². The number of aryl methyl sites for hydroxylation is 1. The van der Waals surface area contributed by atoms with Gasteiger partial charge in [0.05, 0.1) is 4.32 Å². The van der Waals surface area contributed by atoms with Crippen LogP contribution in [0.25, 0.3) is 0 Å². The van der Waals surface area contributed by atoms with E-state index < -0.39 is 0 Å². The Balaban J connectivity index is 2.49. The Morgan fingerprint density at radius 2 is 2.42 bits per heavy atom. The van der Waals surface area contributed by atoms with Crippen molar-refractivity contribution in [2.45, 2.75) is 24.1 Å². The van der Waals surface area contributed by atoms with Gasteiger partial charge in [0.25, 0.3) is 0 Å². The number of fused-ring (bicyclic) bond motifs is 1. The van der Waals surface area contributed by atoms with Gasteiger partial charge < -0.3 is 0 Å². The standard InChI is InChI=1S/C9H9BrOS/c1-9(10)4-2-7-6(8(9)11)3-5-12-7/h3,5H,2,4H2,1H3. The summed E-state index contributed by atoms with van der Waals surface area (Å²) in [6.45, 7) is 1.95. The van der Waals surface area contributed by atoms with Gasteiger partial charge in [0.2, 0.25) is 0 Å². The zero-order chi connectivity index (χ0) is 8.77. The number of hydrogen-bond acceptors (Lipinski definition) is 2. The third-order valence-corrected chi connectivity index (χ3v) is 4.02. The number of thiophene rings is 1. The zero-order valence-corrected chi connectivity index (χ0v) is 9.17. The summed E-state index contributed by atoms with van der Waals surface area (Å²) in [5.41, 5.74) is 0.922. The van der Waals surface area contributed by atoms with Gasteiger partial charge in [0.15, 0.2) is 5.78 Å². The normalized spacial score (nSPS) is 28.7. The maximum atomic E-state index is 11.8. The lowest BCUT2D eigenvalue weighted by Crippen LogP contribution is -2.32. The quantitative estimate of drug-likeness (QED) is 0.642. The van der Waals surface area contributed by atoms with Gasteiger partial charge in [-0.3, -0.25) is 4.79 Å². The Bertz CT molecular complexity index is 327. The third kappa shape index (κ3) is 1.15. The second kappa shape index (κ2) is 2.67. The molecule has 2 rings (SSSR count). The number of Topliss-reactive ketones (excluding diaryl/α,β-unsaturated/α-hetero) is 1. The third-order valence-electron chi connectivity index (χ3n) is 2.29. The highest BCUT2D eigenvalue weighted by molar-refractivity contribution is 9.10. The number of halogens is 1. The van der Waals surface area contributed by atoms with E-state index in [1.54, 1.807) is 11.3 Å². The lowest BCUT2D eigenvalue weighted by atomic mass is 9.88. The van der Waals surface area contributed by atoms with Crippen LogP contribution in [-0.2, 0) is 6.42 Å². The molecule has 0 radical (unpaired) electrons. The molecule has 0 fully saturated rings. The molecule has 1 aliphatic rings. The van der Waals surface area contributed by atoms with Crippen LogP contribution >= 0.6 is 27.3 Å². The van der Waals surface area contributed by atoms with E-state index in [1.807, 2.05) is 18.4 Å². The van der Waals surface area contributed by atoms with Crippen LogP contribution in [0.15, 0.2) is 11.4 Å². The van der Waals surface area contributed by atoms with E-state index in [9.17, 15) is 4.79 Å². The van der Waals surface area contributed by atoms with Crippen molar-refractivity contribution in [3.8, 4) is 0 Å². The van der Waals surface area contributed by atoms with Crippen LogP contribution in [0.1, 0.15) is 28.6 Å². The molecule has 0 spiro atoms. The van der Waals surface area contributed by atoms with Crippen LogP contribution in [-0.4, -0.2) is 10.1 Å². The number of carbonyl (C=O) groups excluding carboxylic acids is 1. The molecule has 64 valence electrons. The molecule has 0 saturated heterocycles. The van der Waals surface area contributed by atoms with Crippen molar-refractivity contribution in [2.75, 3.05) is 0 Å². The first-order valence-electron chi connectivity index (χ1n) is 3.91. The summed E-state index contributed by atoms with van der Waals surface area (Å²) in [5.74, 6) is 0.241. The van der Waals surface area contributed by atoms with Crippen molar-refractivity contribution in [1.82, 2.24) is 0 Å². The number of hydrogen-bond donors (Lipinski definition) is 0. The van der Waals surface area contributed by atoms with Crippen LogP contribution in [0.2, 0.25) is 0 Å². The maximum absolute atomic E-state index is 11.8. The summed E-state index contributed by atoms with van der Waals surface area (Å²) in [5, 5.41) is 2.00. The molecule has 3 heteroatoms. The number of rotatable bonds is 0. The van der Waals surface area contributed by atoms with Crippen LogP contribution in [0.4, 0.5) is 0 Å². The van der Waals surface area contributed by atoms with Gasteiger partial charge in [0.1, 0.15) is 0 Å². The average molecular weight is 245 g/mol. The first-order chi connectivity index (χ1) is 5.61. The summed E-state index contributed by atoms with van der Waals surface area (Å²) in [6, 6.07) is 1.93. The second-order valence-corrected chi connectivity index (χ2v) is 6.03. The Morgan fingerprint density at radius 3 is 3.17 bits per heavy atom. The molecule has 12 heavy (non-hydrogen) atoms. The van der Waals surface area contributed by atoms with Gasteiger partial charge in [-0.2, -0.15) is 0 Å². The molecular weight excluding hydrogens is 236 g/mol. The topological polar surface area (TPSA) is 17.1 Å². The Kier molecular flexibility index (Phi) is 1.88. The molecule has 0 amide bonds. The highest BCUT2D eigenvalue weighted by Gasteiger charge is 2.36. The number of alkyl halides is 1. The van der Waals surface area contributed by atoms with E-state index in [-0.39, 0.29) is 10.1 Å². The van der Waals surface area contributed by atoms with E-state index in [0.29, 0.717) is 0 Å². The minimum Gasteiger partial charge on any atom is -0.293 e. The minimum atomic E-state index is -0.318. The van der Waals surface area contributed by atoms with Crippen molar-refractivity contribution in [3.63, 3.8) is 0 Å². The van der Waals surface area contributed by atoms with Gasteiger partial charge in [-0.05, 0) is 31.2 Å². The predicted molar refractivity (Wildman–Crippen MR) is 54.3 cm³/mol. The van der Waals surface area contributed by atoms with Crippen LogP contribution in [0.5, 0.6) is 0 Å². The summed E-state index contributed by atoms with van der Waals surface area (Å²) < 4.78 is -0.318. The van der Waals surface area contributed by atoms with Crippen molar-refractivity contribution in [2.24, 2.45) is 0 Å². The highest BCUT2D eigenvalue weighted by atomic mass is 79.9. The fourth-order valence-electron chi connectivity index (χ4n) is 1.48. The van der Waals surface area contributed by atoms with E-state index in [1.165, 1.54) is 4.88 Å². The van der Waals surface area contributed by atoms with Crippen molar-refractivity contribution < 1.29 is 4.79 Å². The largest absolute Gasteiger partial charge is 0.293 e. The van der Waals surface area contributed by atoms with Crippen LogP contribution in [0.3, 0.4) is 0 Å². The van der Waals surface area contributed by atoms with Gasteiger partial charge in [0, 0.05) is 10.4 Å². The lowest BCUT2D eigenvalue weighted by molar-refractivity contribution is 0.0941. The van der Waals surface area contributed by atoms with Gasteiger partial charge in [-0.15, -0.1) is 11.3 Å². The molecule has 0 saturated carbocycles. The smallest absolute Gasteiger partial charge is 0.180 e. The fourth-order valence-corrected chi connectivity index (χ4v) is 2.77.